The number of para-hydroxylation sites is 1. The Hall–Kier alpha value is -3.88. The molecule has 0 saturated heterocycles. The van der Waals surface area contributed by atoms with Gasteiger partial charge in [-0.3, -0.25) is 9.20 Å². The number of pyridine rings is 1. The van der Waals surface area contributed by atoms with Crippen LogP contribution in [0.1, 0.15) is 32.2 Å². The molecule has 0 spiro atoms. The second-order valence-electron chi connectivity index (χ2n) is 8.95. The molecule has 0 fully saturated rings. The highest BCUT2D eigenvalue weighted by Crippen LogP contribution is 2.22. The molecule has 0 aliphatic rings. The molecule has 1 atom stereocenters. The van der Waals surface area contributed by atoms with Crippen LogP contribution in [0, 0.1) is 0 Å². The number of hydrogen-bond acceptors (Lipinski definition) is 5. The molecule has 9 nitrogen and oxygen atoms in total. The molecule has 172 valence electrons. The molecule has 0 aliphatic carbocycles. The molecule has 9 heteroatoms. The molecule has 0 unspecified atom stereocenters. The summed E-state index contributed by atoms with van der Waals surface area (Å²) in [6.45, 7) is 5.51. The van der Waals surface area contributed by atoms with Gasteiger partial charge in [-0.25, -0.2) is 4.79 Å². The second kappa shape index (κ2) is 8.93. The van der Waals surface area contributed by atoms with E-state index in [1.807, 2.05) is 66.5 Å². The largest absolute Gasteiger partial charge is 0.444 e. The molecule has 4 aromatic rings. The van der Waals surface area contributed by atoms with Gasteiger partial charge in [-0.05, 0) is 44.5 Å². The van der Waals surface area contributed by atoms with Gasteiger partial charge in [0.05, 0.1) is 6.54 Å². The highest BCUT2D eigenvalue weighted by atomic mass is 16.6. The maximum absolute atomic E-state index is 13.2. The molecular weight excluding hydrogens is 420 g/mol. The second-order valence-corrected chi connectivity index (χ2v) is 8.95. The molecule has 0 bridgehead atoms. The number of aryl methyl sites for hydroxylation is 1. The van der Waals surface area contributed by atoms with Gasteiger partial charge >= 0.3 is 6.09 Å². The van der Waals surface area contributed by atoms with Gasteiger partial charge in [-0.2, -0.15) is 0 Å². The zero-order chi connectivity index (χ0) is 23.6. The summed E-state index contributed by atoms with van der Waals surface area (Å²) in [6, 6.07) is 12.7. The van der Waals surface area contributed by atoms with Crippen LogP contribution in [0.15, 0.2) is 54.9 Å². The minimum absolute atomic E-state index is 0.173. The fraction of sp³-hybridized carbons (Fsp3) is 0.333. The van der Waals surface area contributed by atoms with Crippen LogP contribution >= 0.6 is 0 Å². The summed E-state index contributed by atoms with van der Waals surface area (Å²) in [5.74, 6) is 0.265. The average molecular weight is 449 g/mol. The van der Waals surface area contributed by atoms with Crippen LogP contribution in [-0.4, -0.2) is 42.8 Å². The SMILES string of the molecule is Cn1cc(C[C@@H](NC(=O)OC(C)(C)C)C(=O)NCc2nnc3ccccn23)c2ccccc21. The summed E-state index contributed by atoms with van der Waals surface area (Å²) >= 11 is 0. The summed E-state index contributed by atoms with van der Waals surface area (Å²) in [5, 5.41) is 14.9. The van der Waals surface area contributed by atoms with E-state index in [0.717, 1.165) is 16.5 Å². The van der Waals surface area contributed by atoms with E-state index in [-0.39, 0.29) is 12.5 Å². The lowest BCUT2D eigenvalue weighted by molar-refractivity contribution is -0.123. The zero-order valence-electron chi connectivity index (χ0n) is 19.2. The number of amides is 2. The molecule has 0 aliphatic heterocycles. The molecule has 4 rings (SSSR count). The van der Waals surface area contributed by atoms with E-state index in [9.17, 15) is 9.59 Å². The van der Waals surface area contributed by atoms with Gasteiger partial charge in [-0.15, -0.1) is 10.2 Å². The van der Waals surface area contributed by atoms with Crippen molar-refractivity contribution in [1.29, 1.82) is 0 Å². The smallest absolute Gasteiger partial charge is 0.408 e. The van der Waals surface area contributed by atoms with Crippen molar-refractivity contribution < 1.29 is 14.3 Å². The van der Waals surface area contributed by atoms with E-state index >= 15 is 0 Å². The fourth-order valence-corrected chi connectivity index (χ4v) is 3.77. The Labute approximate surface area is 191 Å². The van der Waals surface area contributed by atoms with Crippen molar-refractivity contribution in [2.75, 3.05) is 0 Å². The van der Waals surface area contributed by atoms with E-state index in [1.54, 1.807) is 25.2 Å². The zero-order valence-corrected chi connectivity index (χ0v) is 19.2. The minimum Gasteiger partial charge on any atom is -0.444 e. The van der Waals surface area contributed by atoms with E-state index in [2.05, 4.69) is 20.8 Å². The van der Waals surface area contributed by atoms with Crippen molar-refractivity contribution in [3.8, 4) is 0 Å². The summed E-state index contributed by atoms with van der Waals surface area (Å²) in [5.41, 5.74) is 2.03. The third kappa shape index (κ3) is 5.14. The van der Waals surface area contributed by atoms with Crippen LogP contribution < -0.4 is 10.6 Å². The third-order valence-corrected chi connectivity index (χ3v) is 5.22. The minimum atomic E-state index is -0.829. The van der Waals surface area contributed by atoms with Crippen LogP contribution in [0.4, 0.5) is 4.79 Å². The first-order chi connectivity index (χ1) is 15.7. The van der Waals surface area contributed by atoms with Crippen molar-refractivity contribution in [2.24, 2.45) is 7.05 Å². The van der Waals surface area contributed by atoms with Gasteiger partial charge in [0, 0.05) is 36.8 Å². The Morgan fingerprint density at radius 2 is 1.85 bits per heavy atom. The molecule has 1 aromatic carbocycles. The van der Waals surface area contributed by atoms with Gasteiger partial charge in [0.15, 0.2) is 11.5 Å². The van der Waals surface area contributed by atoms with Gasteiger partial charge < -0.3 is 19.9 Å². The number of carbonyl (C=O) groups is 2. The number of aromatic nitrogens is 4. The lowest BCUT2D eigenvalue weighted by atomic mass is 10.0. The van der Waals surface area contributed by atoms with Crippen molar-refractivity contribution >= 4 is 28.6 Å². The van der Waals surface area contributed by atoms with Crippen molar-refractivity contribution in [2.45, 2.75) is 45.4 Å². The van der Waals surface area contributed by atoms with E-state index in [0.29, 0.717) is 17.9 Å². The van der Waals surface area contributed by atoms with Crippen LogP contribution in [0.3, 0.4) is 0 Å². The molecule has 33 heavy (non-hydrogen) atoms. The first-order valence-electron chi connectivity index (χ1n) is 10.8. The van der Waals surface area contributed by atoms with Crippen LogP contribution in [0.25, 0.3) is 16.6 Å². The number of fused-ring (bicyclic) bond motifs is 2. The number of benzene rings is 1. The Morgan fingerprint density at radius 3 is 2.64 bits per heavy atom. The van der Waals surface area contributed by atoms with Gasteiger partial charge in [0.25, 0.3) is 0 Å². The first-order valence-corrected chi connectivity index (χ1v) is 10.8. The quantitative estimate of drug-likeness (QED) is 0.472. The standard InChI is InChI=1S/C24H28N6O3/c1-24(2,3)33-23(32)26-18(13-16-15-29(4)19-10-6-5-9-17(16)19)22(31)25-14-21-28-27-20-11-7-8-12-30(20)21/h5-12,15,18H,13-14H2,1-4H3,(H,25,31)(H,26,32)/t18-/m1/s1. The molecule has 0 radical (unpaired) electrons. The topological polar surface area (TPSA) is 103 Å². The third-order valence-electron chi connectivity index (χ3n) is 5.22. The maximum Gasteiger partial charge on any atom is 0.408 e. The van der Waals surface area contributed by atoms with Crippen molar-refractivity contribution in [1.82, 2.24) is 29.8 Å². The Balaban J connectivity index is 1.54. The molecular formula is C24H28N6O3. The number of nitrogens with zero attached hydrogens (tertiary/aromatic N) is 4. The predicted octanol–water partition coefficient (Wildman–Crippen LogP) is 2.97. The number of hydrogen-bond donors (Lipinski definition) is 2. The number of alkyl carbamates (subject to hydrolysis) is 1. The highest BCUT2D eigenvalue weighted by Gasteiger charge is 2.26. The van der Waals surface area contributed by atoms with E-state index in [4.69, 9.17) is 4.74 Å². The number of carbonyl (C=O) groups excluding carboxylic acids is 2. The molecule has 3 aromatic heterocycles. The van der Waals surface area contributed by atoms with E-state index in [1.165, 1.54) is 0 Å². The maximum atomic E-state index is 13.2. The average Bonchev–Trinajstić information content (AvgIpc) is 3.31. The Morgan fingerprint density at radius 1 is 1.09 bits per heavy atom. The molecule has 0 saturated carbocycles. The summed E-state index contributed by atoms with van der Waals surface area (Å²) in [4.78, 5) is 25.7. The monoisotopic (exact) mass is 448 g/mol. The van der Waals surface area contributed by atoms with Crippen LogP contribution in [0.5, 0.6) is 0 Å². The first kappa shape index (κ1) is 22.3. The molecule has 2 amide bonds. The lowest BCUT2D eigenvalue weighted by Gasteiger charge is -2.23. The normalized spacial score (nSPS) is 12.6. The van der Waals surface area contributed by atoms with Crippen LogP contribution in [0.2, 0.25) is 0 Å². The lowest BCUT2D eigenvalue weighted by Crippen LogP contribution is -2.49. The van der Waals surface area contributed by atoms with Gasteiger partial charge in [0.1, 0.15) is 11.6 Å². The van der Waals surface area contributed by atoms with Crippen LogP contribution in [-0.2, 0) is 29.5 Å². The fourth-order valence-electron chi connectivity index (χ4n) is 3.77. The van der Waals surface area contributed by atoms with E-state index < -0.39 is 17.7 Å². The molecule has 3 heterocycles. The Bertz CT molecular complexity index is 1300. The number of nitrogens with one attached hydrogen (secondary N) is 2. The van der Waals surface area contributed by atoms with Gasteiger partial charge in [-0.1, -0.05) is 24.3 Å². The summed E-state index contributed by atoms with van der Waals surface area (Å²) in [7, 11) is 1.96. The van der Waals surface area contributed by atoms with Crippen molar-refractivity contribution in [3.05, 3.63) is 66.2 Å². The molecule has 2 N–H and O–H groups in total. The highest BCUT2D eigenvalue weighted by molar-refractivity contribution is 5.88. The number of rotatable bonds is 6. The number of ether oxygens (including phenoxy) is 1. The summed E-state index contributed by atoms with van der Waals surface area (Å²) in [6.07, 6.45) is 3.49. The predicted molar refractivity (Wildman–Crippen MR) is 125 cm³/mol. The summed E-state index contributed by atoms with van der Waals surface area (Å²) < 4.78 is 9.21. The van der Waals surface area contributed by atoms with Gasteiger partial charge in [0.2, 0.25) is 5.91 Å². The Kier molecular flexibility index (Phi) is 6.04. The van der Waals surface area contributed by atoms with Crippen molar-refractivity contribution in [3.63, 3.8) is 0 Å².